The van der Waals surface area contributed by atoms with E-state index in [2.05, 4.69) is 15.3 Å². The largest absolute Gasteiger partial charge is 0.322 e. The highest BCUT2D eigenvalue weighted by molar-refractivity contribution is 7.98. The average molecular weight is 308 g/mol. The van der Waals surface area contributed by atoms with Gasteiger partial charge in [0.15, 0.2) is 5.16 Å². The van der Waals surface area contributed by atoms with Crippen molar-refractivity contribution in [1.82, 2.24) is 9.97 Å². The summed E-state index contributed by atoms with van der Waals surface area (Å²) >= 11 is 7.39. The molecule has 1 amide bonds. The van der Waals surface area contributed by atoms with Gasteiger partial charge < -0.3 is 5.32 Å². The van der Waals surface area contributed by atoms with Crippen LogP contribution in [0.15, 0.2) is 29.6 Å². The fourth-order valence-corrected chi connectivity index (χ4v) is 2.28. The molecule has 0 aliphatic carbocycles. The first-order valence-electron chi connectivity index (χ1n) is 5.97. The Bertz CT molecular complexity index is 661. The SMILES string of the molecule is CSc1ncc(C(=O)Nc2cccc(C)c2C)c(Cl)n1. The van der Waals surface area contributed by atoms with Crippen LogP contribution in [0.2, 0.25) is 5.15 Å². The number of anilines is 1. The van der Waals surface area contributed by atoms with Crippen LogP contribution in [0.4, 0.5) is 5.69 Å². The molecule has 6 heteroatoms. The Hall–Kier alpha value is -1.59. The fourth-order valence-electron chi connectivity index (χ4n) is 1.67. The van der Waals surface area contributed by atoms with Gasteiger partial charge in [-0.3, -0.25) is 4.79 Å². The molecule has 0 atom stereocenters. The van der Waals surface area contributed by atoms with Gasteiger partial charge in [-0.05, 0) is 37.3 Å². The lowest BCUT2D eigenvalue weighted by Gasteiger charge is -2.10. The number of hydrogen-bond donors (Lipinski definition) is 1. The lowest BCUT2D eigenvalue weighted by Crippen LogP contribution is -2.14. The molecular formula is C14H14ClN3OS. The zero-order chi connectivity index (χ0) is 14.7. The molecule has 0 spiro atoms. The number of carbonyl (C=O) groups excluding carboxylic acids is 1. The zero-order valence-corrected chi connectivity index (χ0v) is 13.0. The third-order valence-corrected chi connectivity index (χ3v) is 3.85. The first-order valence-corrected chi connectivity index (χ1v) is 7.57. The molecule has 20 heavy (non-hydrogen) atoms. The Labute approximate surface area is 127 Å². The Morgan fingerprint density at radius 2 is 2.10 bits per heavy atom. The Kier molecular flexibility index (Phi) is 4.62. The van der Waals surface area contributed by atoms with Crippen molar-refractivity contribution in [2.45, 2.75) is 19.0 Å². The molecule has 0 aliphatic rings. The monoisotopic (exact) mass is 307 g/mol. The molecule has 0 bridgehead atoms. The molecule has 0 unspecified atom stereocenters. The second-order valence-electron chi connectivity index (χ2n) is 4.26. The minimum atomic E-state index is -0.309. The van der Waals surface area contributed by atoms with Gasteiger partial charge in [-0.25, -0.2) is 9.97 Å². The summed E-state index contributed by atoms with van der Waals surface area (Å²) < 4.78 is 0. The van der Waals surface area contributed by atoms with Gasteiger partial charge in [-0.15, -0.1) is 0 Å². The summed E-state index contributed by atoms with van der Waals surface area (Å²) in [5, 5.41) is 3.53. The van der Waals surface area contributed by atoms with E-state index >= 15 is 0 Å². The second kappa shape index (κ2) is 6.24. The van der Waals surface area contributed by atoms with Gasteiger partial charge in [0.1, 0.15) is 5.15 Å². The van der Waals surface area contributed by atoms with Gasteiger partial charge in [0.25, 0.3) is 5.91 Å². The molecule has 0 aliphatic heterocycles. The number of nitrogens with one attached hydrogen (secondary N) is 1. The number of aromatic nitrogens is 2. The summed E-state index contributed by atoms with van der Waals surface area (Å²) in [5.41, 5.74) is 3.17. The highest BCUT2D eigenvalue weighted by Gasteiger charge is 2.14. The van der Waals surface area contributed by atoms with E-state index in [0.717, 1.165) is 16.8 Å². The summed E-state index contributed by atoms with van der Waals surface area (Å²) in [7, 11) is 0. The maximum Gasteiger partial charge on any atom is 0.260 e. The summed E-state index contributed by atoms with van der Waals surface area (Å²) in [6, 6.07) is 5.74. The third-order valence-electron chi connectivity index (χ3n) is 3.00. The van der Waals surface area contributed by atoms with Crippen molar-refractivity contribution >= 4 is 35.0 Å². The van der Waals surface area contributed by atoms with E-state index in [1.165, 1.54) is 18.0 Å². The van der Waals surface area contributed by atoms with Crippen LogP contribution in [0.3, 0.4) is 0 Å². The molecule has 1 aromatic carbocycles. The minimum absolute atomic E-state index is 0.159. The maximum atomic E-state index is 12.2. The number of thioether (sulfide) groups is 1. The standard InChI is InChI=1S/C14H14ClN3OS/c1-8-5-4-6-11(9(8)2)17-13(19)10-7-16-14(20-3)18-12(10)15/h4-7H,1-3H3,(H,17,19). The van der Waals surface area contributed by atoms with Crippen LogP contribution in [0.1, 0.15) is 21.5 Å². The second-order valence-corrected chi connectivity index (χ2v) is 5.39. The fraction of sp³-hybridized carbons (Fsp3) is 0.214. The molecule has 1 aromatic heterocycles. The molecule has 0 radical (unpaired) electrons. The van der Waals surface area contributed by atoms with Crippen LogP contribution < -0.4 is 5.32 Å². The first kappa shape index (κ1) is 14.8. The smallest absolute Gasteiger partial charge is 0.260 e. The van der Waals surface area contributed by atoms with E-state index in [9.17, 15) is 4.79 Å². The van der Waals surface area contributed by atoms with Crippen LogP contribution in [-0.2, 0) is 0 Å². The van der Waals surface area contributed by atoms with E-state index in [4.69, 9.17) is 11.6 Å². The van der Waals surface area contributed by atoms with Crippen LogP contribution >= 0.6 is 23.4 Å². The van der Waals surface area contributed by atoms with Crippen LogP contribution in [0, 0.1) is 13.8 Å². The molecule has 0 fully saturated rings. The van der Waals surface area contributed by atoms with Gasteiger partial charge in [0.2, 0.25) is 0 Å². The average Bonchev–Trinajstić information content (AvgIpc) is 2.43. The van der Waals surface area contributed by atoms with Crippen molar-refractivity contribution < 1.29 is 4.79 Å². The van der Waals surface area contributed by atoms with E-state index in [0.29, 0.717) is 5.16 Å². The highest BCUT2D eigenvalue weighted by atomic mass is 35.5. The number of hydrogen-bond acceptors (Lipinski definition) is 4. The van der Waals surface area contributed by atoms with Crippen molar-refractivity contribution in [2.24, 2.45) is 0 Å². The zero-order valence-electron chi connectivity index (χ0n) is 11.4. The van der Waals surface area contributed by atoms with Gasteiger partial charge in [-0.1, -0.05) is 35.5 Å². The predicted octanol–water partition coefficient (Wildman–Crippen LogP) is 3.72. The molecular weight excluding hydrogens is 294 g/mol. The molecule has 2 rings (SSSR count). The predicted molar refractivity (Wildman–Crippen MR) is 82.7 cm³/mol. The Morgan fingerprint density at radius 3 is 2.75 bits per heavy atom. The lowest BCUT2D eigenvalue weighted by molar-refractivity contribution is 0.102. The molecule has 1 N–H and O–H groups in total. The number of nitrogens with zero attached hydrogens (tertiary/aromatic N) is 2. The summed E-state index contributed by atoms with van der Waals surface area (Å²) in [4.78, 5) is 20.3. The summed E-state index contributed by atoms with van der Waals surface area (Å²) in [6.07, 6.45) is 3.29. The van der Waals surface area contributed by atoms with E-state index < -0.39 is 0 Å². The Balaban J connectivity index is 2.26. The van der Waals surface area contributed by atoms with Gasteiger partial charge in [-0.2, -0.15) is 0 Å². The van der Waals surface area contributed by atoms with Gasteiger partial charge >= 0.3 is 0 Å². The quantitative estimate of drug-likeness (QED) is 0.533. The number of amides is 1. The molecule has 4 nitrogen and oxygen atoms in total. The van der Waals surface area contributed by atoms with E-state index in [1.54, 1.807) is 0 Å². The number of aryl methyl sites for hydroxylation is 1. The van der Waals surface area contributed by atoms with Crippen molar-refractivity contribution in [3.8, 4) is 0 Å². The number of rotatable bonds is 3. The van der Waals surface area contributed by atoms with Crippen LogP contribution in [0.25, 0.3) is 0 Å². The van der Waals surface area contributed by atoms with Crippen molar-refractivity contribution in [1.29, 1.82) is 0 Å². The molecule has 0 saturated carbocycles. The number of carbonyl (C=O) groups is 1. The first-order chi connectivity index (χ1) is 9.52. The van der Waals surface area contributed by atoms with Crippen LogP contribution in [-0.4, -0.2) is 22.1 Å². The van der Waals surface area contributed by atoms with Crippen LogP contribution in [0.5, 0.6) is 0 Å². The summed E-state index contributed by atoms with van der Waals surface area (Å²) in [5.74, 6) is -0.309. The number of benzene rings is 1. The minimum Gasteiger partial charge on any atom is -0.322 e. The molecule has 1 heterocycles. The highest BCUT2D eigenvalue weighted by Crippen LogP contribution is 2.21. The van der Waals surface area contributed by atoms with Crippen molar-refractivity contribution in [2.75, 3.05) is 11.6 Å². The molecule has 104 valence electrons. The number of halogens is 1. The molecule has 0 saturated heterocycles. The molecule has 2 aromatic rings. The van der Waals surface area contributed by atoms with E-state index in [1.807, 2.05) is 38.3 Å². The van der Waals surface area contributed by atoms with Crippen molar-refractivity contribution in [3.05, 3.63) is 46.2 Å². The summed E-state index contributed by atoms with van der Waals surface area (Å²) in [6.45, 7) is 3.95. The lowest BCUT2D eigenvalue weighted by atomic mass is 10.1. The van der Waals surface area contributed by atoms with E-state index in [-0.39, 0.29) is 16.6 Å². The normalized spacial score (nSPS) is 10.4. The van der Waals surface area contributed by atoms with Gasteiger partial charge in [0, 0.05) is 11.9 Å². The maximum absolute atomic E-state index is 12.2. The topological polar surface area (TPSA) is 54.9 Å². The Morgan fingerprint density at radius 1 is 1.35 bits per heavy atom. The van der Waals surface area contributed by atoms with Gasteiger partial charge in [0.05, 0.1) is 5.56 Å². The van der Waals surface area contributed by atoms with Crippen molar-refractivity contribution in [3.63, 3.8) is 0 Å². The third kappa shape index (κ3) is 3.11.